The molecule has 0 atom stereocenters. The molecule has 0 aromatic rings. The lowest BCUT2D eigenvalue weighted by molar-refractivity contribution is -0.887. The van der Waals surface area contributed by atoms with Gasteiger partial charge in [0.15, 0.2) is 0 Å². The van der Waals surface area contributed by atoms with Crippen LogP contribution in [-0.2, 0) is 9.59 Å². The maximum absolute atomic E-state index is 12.2. The molecule has 5 nitrogen and oxygen atoms in total. The van der Waals surface area contributed by atoms with Gasteiger partial charge in [0.2, 0.25) is 11.8 Å². The molecule has 0 fully saturated rings. The summed E-state index contributed by atoms with van der Waals surface area (Å²) >= 11 is 0. The standard InChI is InChI=1S/C38H73N3O2/c1-5-7-9-11-13-15-17-19-21-23-25-27-29-31-37(42)39-33-35-41(3,4)36-34-40-38(43)32-30-28-26-24-22-20-18-16-14-12-10-8-6-2/h15-18H,5-14,19-36H2,1-4H3,(H-,39,40,42,43)/p+1. The van der Waals surface area contributed by atoms with Crippen LogP contribution in [0.25, 0.3) is 0 Å². The van der Waals surface area contributed by atoms with Crippen LogP contribution >= 0.6 is 0 Å². The zero-order chi connectivity index (χ0) is 31.7. The van der Waals surface area contributed by atoms with Gasteiger partial charge in [-0.3, -0.25) is 9.59 Å². The highest BCUT2D eigenvalue weighted by molar-refractivity contribution is 5.76. The number of hydrogen-bond donors (Lipinski definition) is 2. The van der Waals surface area contributed by atoms with Gasteiger partial charge in [0, 0.05) is 12.8 Å². The van der Waals surface area contributed by atoms with Crippen LogP contribution in [0.3, 0.4) is 0 Å². The summed E-state index contributed by atoms with van der Waals surface area (Å²) < 4.78 is 0.793. The van der Waals surface area contributed by atoms with Gasteiger partial charge in [0.05, 0.1) is 40.3 Å². The van der Waals surface area contributed by atoms with Crippen molar-refractivity contribution in [3.05, 3.63) is 24.3 Å². The Hall–Kier alpha value is -1.62. The van der Waals surface area contributed by atoms with Gasteiger partial charge in [0.25, 0.3) is 0 Å². The zero-order valence-electron chi connectivity index (χ0n) is 29.4. The van der Waals surface area contributed by atoms with E-state index in [0.717, 1.165) is 43.3 Å². The fourth-order valence-corrected chi connectivity index (χ4v) is 5.29. The van der Waals surface area contributed by atoms with Crippen molar-refractivity contribution in [3.8, 4) is 0 Å². The van der Waals surface area contributed by atoms with Crippen LogP contribution in [0.1, 0.15) is 168 Å². The number of nitrogens with zero attached hydrogens (tertiary/aromatic N) is 1. The van der Waals surface area contributed by atoms with Crippen LogP contribution in [-0.4, -0.2) is 56.6 Å². The van der Waals surface area contributed by atoms with Gasteiger partial charge >= 0.3 is 0 Å². The molecule has 0 aliphatic carbocycles. The van der Waals surface area contributed by atoms with E-state index >= 15 is 0 Å². The van der Waals surface area contributed by atoms with Crippen molar-refractivity contribution in [2.45, 2.75) is 168 Å². The Morgan fingerprint density at radius 1 is 0.465 bits per heavy atom. The van der Waals surface area contributed by atoms with Gasteiger partial charge in [-0.15, -0.1) is 0 Å². The van der Waals surface area contributed by atoms with E-state index in [4.69, 9.17) is 0 Å². The first-order valence-electron chi connectivity index (χ1n) is 18.6. The Kier molecular flexibility index (Phi) is 30.6. The van der Waals surface area contributed by atoms with E-state index < -0.39 is 0 Å². The fraction of sp³-hybridized carbons (Fsp3) is 0.842. The second-order valence-electron chi connectivity index (χ2n) is 13.3. The number of likely N-dealkylation sites (N-methyl/N-ethyl adjacent to an activating group) is 1. The number of allylic oxidation sites excluding steroid dienone is 4. The van der Waals surface area contributed by atoms with Crippen LogP contribution in [0, 0.1) is 0 Å². The maximum atomic E-state index is 12.2. The van der Waals surface area contributed by atoms with Gasteiger partial charge in [-0.1, -0.05) is 115 Å². The topological polar surface area (TPSA) is 58.2 Å². The number of quaternary nitrogens is 1. The van der Waals surface area contributed by atoms with Crippen LogP contribution in [0.2, 0.25) is 0 Å². The summed E-state index contributed by atoms with van der Waals surface area (Å²) in [6.45, 7) is 7.66. The van der Waals surface area contributed by atoms with Gasteiger partial charge in [-0.05, 0) is 64.2 Å². The van der Waals surface area contributed by atoms with Crippen molar-refractivity contribution in [2.24, 2.45) is 0 Å². The van der Waals surface area contributed by atoms with E-state index in [-0.39, 0.29) is 11.8 Å². The molecule has 2 amide bonds. The summed E-state index contributed by atoms with van der Waals surface area (Å²) in [6, 6.07) is 0. The Morgan fingerprint density at radius 2 is 0.767 bits per heavy atom. The van der Waals surface area contributed by atoms with E-state index in [2.05, 4.69) is 62.9 Å². The van der Waals surface area contributed by atoms with Gasteiger partial charge < -0.3 is 15.1 Å². The van der Waals surface area contributed by atoms with E-state index in [1.165, 1.54) is 116 Å². The number of unbranched alkanes of at least 4 members (excludes halogenated alkanes) is 18. The third kappa shape index (κ3) is 33.1. The van der Waals surface area contributed by atoms with Gasteiger partial charge in [-0.25, -0.2) is 0 Å². The number of nitrogens with one attached hydrogen (secondary N) is 2. The number of amides is 2. The lowest BCUT2D eigenvalue weighted by Gasteiger charge is -2.30. The molecule has 0 unspecified atom stereocenters. The average Bonchev–Trinajstić information content (AvgIpc) is 2.97. The highest BCUT2D eigenvalue weighted by atomic mass is 16.2. The predicted octanol–water partition coefficient (Wildman–Crippen LogP) is 9.81. The normalized spacial score (nSPS) is 12.0. The van der Waals surface area contributed by atoms with Crippen molar-refractivity contribution in [1.29, 1.82) is 0 Å². The number of carbonyl (C=O) groups is 2. The van der Waals surface area contributed by atoms with Crippen LogP contribution in [0.15, 0.2) is 24.3 Å². The molecular formula is C38H74N3O2+. The van der Waals surface area contributed by atoms with Crippen LogP contribution in [0.5, 0.6) is 0 Å². The molecule has 0 radical (unpaired) electrons. The highest BCUT2D eigenvalue weighted by Crippen LogP contribution is 2.10. The molecular weight excluding hydrogens is 530 g/mol. The molecule has 252 valence electrons. The molecule has 43 heavy (non-hydrogen) atoms. The largest absolute Gasteiger partial charge is 0.350 e. The number of carbonyl (C=O) groups excluding carboxylic acids is 2. The SMILES string of the molecule is CCCCCCC=CCCCCCCCC(=O)NCC[N+](C)(C)CCNC(=O)CCCCCCCC=CCCCCCC. The van der Waals surface area contributed by atoms with Crippen molar-refractivity contribution in [2.75, 3.05) is 40.3 Å². The summed E-state index contributed by atoms with van der Waals surface area (Å²) in [4.78, 5) is 24.4. The van der Waals surface area contributed by atoms with E-state index in [9.17, 15) is 9.59 Å². The molecule has 0 heterocycles. The predicted molar refractivity (Wildman–Crippen MR) is 188 cm³/mol. The summed E-state index contributed by atoms with van der Waals surface area (Å²) in [5.41, 5.74) is 0. The monoisotopic (exact) mass is 605 g/mol. The van der Waals surface area contributed by atoms with Crippen molar-refractivity contribution in [1.82, 2.24) is 10.6 Å². The summed E-state index contributed by atoms with van der Waals surface area (Å²) in [7, 11) is 4.34. The minimum atomic E-state index is 0.175. The Balaban J connectivity index is 3.57. The Morgan fingerprint density at radius 3 is 1.12 bits per heavy atom. The first-order valence-corrected chi connectivity index (χ1v) is 18.6. The molecule has 0 aromatic carbocycles. The minimum Gasteiger partial charge on any atom is -0.350 e. The van der Waals surface area contributed by atoms with Crippen molar-refractivity contribution in [3.63, 3.8) is 0 Å². The molecule has 0 bridgehead atoms. The van der Waals surface area contributed by atoms with Crippen molar-refractivity contribution < 1.29 is 14.1 Å². The molecule has 0 aliphatic rings. The first-order chi connectivity index (χ1) is 20.9. The van der Waals surface area contributed by atoms with E-state index in [1.807, 2.05) is 0 Å². The molecule has 0 saturated carbocycles. The number of rotatable bonds is 32. The fourth-order valence-electron chi connectivity index (χ4n) is 5.29. The molecule has 0 saturated heterocycles. The zero-order valence-corrected chi connectivity index (χ0v) is 29.4. The Labute approximate surface area is 268 Å². The summed E-state index contributed by atoms with van der Waals surface area (Å²) in [6.07, 6.45) is 38.1. The molecule has 0 aromatic heterocycles. The van der Waals surface area contributed by atoms with Gasteiger partial charge in [-0.2, -0.15) is 0 Å². The van der Waals surface area contributed by atoms with E-state index in [1.54, 1.807) is 0 Å². The summed E-state index contributed by atoms with van der Waals surface area (Å²) in [5, 5.41) is 6.19. The third-order valence-electron chi connectivity index (χ3n) is 8.41. The average molecular weight is 605 g/mol. The first kappa shape index (κ1) is 41.4. The molecule has 0 spiro atoms. The maximum Gasteiger partial charge on any atom is 0.220 e. The van der Waals surface area contributed by atoms with E-state index in [0.29, 0.717) is 25.9 Å². The van der Waals surface area contributed by atoms with Crippen LogP contribution in [0.4, 0.5) is 0 Å². The van der Waals surface area contributed by atoms with Gasteiger partial charge in [0.1, 0.15) is 0 Å². The molecule has 0 aliphatic heterocycles. The van der Waals surface area contributed by atoms with Crippen LogP contribution < -0.4 is 10.6 Å². The second-order valence-corrected chi connectivity index (χ2v) is 13.3. The molecule has 5 heteroatoms. The number of hydrogen-bond acceptors (Lipinski definition) is 2. The summed E-state index contributed by atoms with van der Waals surface area (Å²) in [5.74, 6) is 0.349. The Bertz CT molecular complexity index is 631. The quantitative estimate of drug-likeness (QED) is 0.0456. The van der Waals surface area contributed by atoms with Crippen molar-refractivity contribution >= 4 is 11.8 Å². The second kappa shape index (κ2) is 31.8. The molecule has 2 N–H and O–H groups in total. The third-order valence-corrected chi connectivity index (χ3v) is 8.41. The lowest BCUT2D eigenvalue weighted by atomic mass is 10.1. The molecule has 0 rings (SSSR count). The smallest absolute Gasteiger partial charge is 0.220 e. The minimum absolute atomic E-state index is 0.175. The lowest BCUT2D eigenvalue weighted by Crippen LogP contribution is -2.49. The highest BCUT2D eigenvalue weighted by Gasteiger charge is 2.15.